The second-order valence-electron chi connectivity index (χ2n) is 11.3. The fourth-order valence-electron chi connectivity index (χ4n) is 6.37. The number of amides is 2. The fraction of sp³-hybridized carbons (Fsp3) is 0.516. The Morgan fingerprint density at radius 2 is 2.02 bits per heavy atom. The lowest BCUT2D eigenvalue weighted by atomic mass is 9.88. The van der Waals surface area contributed by atoms with Gasteiger partial charge in [-0.3, -0.25) is 9.59 Å². The molecule has 10 nitrogen and oxygen atoms in total. The van der Waals surface area contributed by atoms with E-state index in [4.69, 9.17) is 9.97 Å². The molecule has 1 fully saturated rings. The molecular weight excluding hydrogens is 516 g/mol. The van der Waals surface area contributed by atoms with Gasteiger partial charge in [0, 0.05) is 77.0 Å². The first kappa shape index (κ1) is 28.4. The number of aromatic nitrogens is 2. The van der Waals surface area contributed by atoms with Gasteiger partial charge in [-0.2, -0.15) is 10.2 Å². The van der Waals surface area contributed by atoms with Crippen LogP contribution in [0.4, 0.5) is 17.5 Å². The number of para-hydroxylation sites is 1. The van der Waals surface area contributed by atoms with E-state index in [1.807, 2.05) is 0 Å². The summed E-state index contributed by atoms with van der Waals surface area (Å²) in [6.07, 6.45) is 6.88. The minimum Gasteiger partial charge on any atom is -0.368 e. The summed E-state index contributed by atoms with van der Waals surface area (Å²) in [5, 5.41) is 12.8. The SMILES string of the molecule is C=CC(=O)N1CCN(c2nc(NCCC(=O)N(C)C)nc3c2CCC(N2CCCc4ccccc42)C3)C[C@@H]1CC#N. The summed E-state index contributed by atoms with van der Waals surface area (Å²) < 4.78 is 0. The standard InChI is InChI=1S/C31H40N8O2/c1-4-28(40)39-19-18-37(21-24(39)13-15-32)30-25-12-11-23(38-17-7-9-22-8-5-6-10-27(22)38)20-26(25)34-31(35-30)33-16-14-29(41)36(2)3/h4-6,8,10,23-24H,1,7,9,11-14,16-21H2,2-3H3,(H,33,34,35)/t23?,24-/m0/s1. The molecule has 2 aromatic rings. The predicted octanol–water partition coefficient (Wildman–Crippen LogP) is 2.79. The van der Waals surface area contributed by atoms with E-state index in [0.29, 0.717) is 44.6 Å². The maximum Gasteiger partial charge on any atom is 0.246 e. The topological polar surface area (TPSA) is 109 Å². The van der Waals surface area contributed by atoms with Gasteiger partial charge in [-0.1, -0.05) is 24.8 Å². The highest BCUT2D eigenvalue weighted by Crippen LogP contribution is 2.36. The van der Waals surface area contributed by atoms with E-state index in [9.17, 15) is 14.9 Å². The van der Waals surface area contributed by atoms with E-state index < -0.39 is 0 Å². The monoisotopic (exact) mass is 556 g/mol. The number of fused-ring (bicyclic) bond motifs is 2. The fourth-order valence-corrected chi connectivity index (χ4v) is 6.37. The van der Waals surface area contributed by atoms with Crippen molar-refractivity contribution in [3.8, 4) is 6.07 Å². The number of anilines is 3. The molecule has 2 amide bonds. The highest BCUT2D eigenvalue weighted by molar-refractivity contribution is 5.87. The van der Waals surface area contributed by atoms with Crippen LogP contribution in [0.3, 0.4) is 0 Å². The molecule has 0 radical (unpaired) electrons. The van der Waals surface area contributed by atoms with Crippen molar-refractivity contribution < 1.29 is 9.59 Å². The van der Waals surface area contributed by atoms with Gasteiger partial charge < -0.3 is 24.9 Å². The van der Waals surface area contributed by atoms with E-state index in [1.54, 1.807) is 23.9 Å². The molecule has 0 spiro atoms. The second kappa shape index (κ2) is 12.6. The van der Waals surface area contributed by atoms with Crippen molar-refractivity contribution in [2.75, 3.05) is 61.9 Å². The Bertz CT molecular complexity index is 1340. The summed E-state index contributed by atoms with van der Waals surface area (Å²) in [6, 6.07) is 11.1. The van der Waals surface area contributed by atoms with E-state index in [-0.39, 0.29) is 24.3 Å². The average Bonchev–Trinajstić information content (AvgIpc) is 2.99. The van der Waals surface area contributed by atoms with Crippen molar-refractivity contribution in [2.45, 2.75) is 57.0 Å². The molecule has 0 saturated carbocycles. The third-order valence-corrected chi connectivity index (χ3v) is 8.50. The molecule has 2 aliphatic heterocycles. The number of aryl methyl sites for hydroxylation is 1. The zero-order valence-electron chi connectivity index (χ0n) is 24.2. The van der Waals surface area contributed by atoms with Gasteiger partial charge in [0.25, 0.3) is 0 Å². The number of carbonyl (C=O) groups excluding carboxylic acids is 2. The number of hydrogen-bond acceptors (Lipinski definition) is 8. The zero-order chi connectivity index (χ0) is 28.9. The van der Waals surface area contributed by atoms with E-state index in [2.05, 4.69) is 52.0 Å². The van der Waals surface area contributed by atoms with Crippen molar-refractivity contribution in [1.82, 2.24) is 19.8 Å². The molecule has 5 rings (SSSR count). The summed E-state index contributed by atoms with van der Waals surface area (Å²) >= 11 is 0. The van der Waals surface area contributed by atoms with Crippen LogP contribution in [0.5, 0.6) is 0 Å². The number of nitriles is 1. The number of benzene rings is 1. The molecule has 10 heteroatoms. The Morgan fingerprint density at radius 3 is 2.80 bits per heavy atom. The lowest BCUT2D eigenvalue weighted by molar-refractivity contribution is -0.129. The van der Waals surface area contributed by atoms with Gasteiger partial charge in [0.2, 0.25) is 17.8 Å². The van der Waals surface area contributed by atoms with E-state index in [1.165, 1.54) is 17.3 Å². The van der Waals surface area contributed by atoms with Gasteiger partial charge in [-0.05, 0) is 43.4 Å². The second-order valence-corrected chi connectivity index (χ2v) is 11.3. The molecule has 1 N–H and O–H groups in total. The predicted molar refractivity (Wildman–Crippen MR) is 160 cm³/mol. The number of hydrogen-bond donors (Lipinski definition) is 1. The Morgan fingerprint density at radius 1 is 1.20 bits per heavy atom. The van der Waals surface area contributed by atoms with Crippen LogP contribution in [0.2, 0.25) is 0 Å². The maximum atomic E-state index is 12.5. The lowest BCUT2D eigenvalue weighted by Gasteiger charge is -2.43. The third-order valence-electron chi connectivity index (χ3n) is 8.50. The molecule has 2 atom stereocenters. The van der Waals surface area contributed by atoms with Crippen LogP contribution in [-0.4, -0.2) is 90.5 Å². The van der Waals surface area contributed by atoms with Gasteiger partial charge in [-0.15, -0.1) is 0 Å². The zero-order valence-corrected chi connectivity index (χ0v) is 24.2. The van der Waals surface area contributed by atoms with Gasteiger partial charge >= 0.3 is 0 Å². The van der Waals surface area contributed by atoms with Crippen molar-refractivity contribution in [2.24, 2.45) is 0 Å². The quantitative estimate of drug-likeness (QED) is 0.495. The van der Waals surface area contributed by atoms with Crippen molar-refractivity contribution >= 4 is 29.3 Å². The molecule has 1 unspecified atom stereocenters. The Balaban J connectivity index is 1.43. The summed E-state index contributed by atoms with van der Waals surface area (Å²) in [4.78, 5) is 42.7. The number of piperazine rings is 1. The Labute approximate surface area is 242 Å². The number of nitrogens with one attached hydrogen (secondary N) is 1. The lowest BCUT2D eigenvalue weighted by Crippen LogP contribution is -2.55. The van der Waals surface area contributed by atoms with Crippen LogP contribution in [0.1, 0.15) is 42.5 Å². The summed E-state index contributed by atoms with van der Waals surface area (Å²) in [5.41, 5.74) is 4.94. The molecule has 1 aromatic heterocycles. The van der Waals surface area contributed by atoms with Crippen LogP contribution >= 0.6 is 0 Å². The molecule has 216 valence electrons. The molecule has 41 heavy (non-hydrogen) atoms. The number of carbonyl (C=O) groups is 2. The maximum absolute atomic E-state index is 12.5. The van der Waals surface area contributed by atoms with Crippen molar-refractivity contribution in [3.63, 3.8) is 0 Å². The molecular formula is C31H40N8O2. The first-order chi connectivity index (χ1) is 19.9. The summed E-state index contributed by atoms with van der Waals surface area (Å²) in [7, 11) is 3.51. The van der Waals surface area contributed by atoms with Crippen molar-refractivity contribution in [1.29, 1.82) is 5.26 Å². The summed E-state index contributed by atoms with van der Waals surface area (Å²) in [5.74, 6) is 1.29. The third kappa shape index (κ3) is 6.14. The molecule has 3 aliphatic rings. The largest absolute Gasteiger partial charge is 0.368 e. The molecule has 1 saturated heterocycles. The molecule has 3 heterocycles. The van der Waals surface area contributed by atoms with Gasteiger partial charge in [0.15, 0.2) is 0 Å². The van der Waals surface area contributed by atoms with Crippen LogP contribution in [0.25, 0.3) is 0 Å². The normalized spacial score (nSPS) is 20.0. The van der Waals surface area contributed by atoms with Gasteiger partial charge in [0.05, 0.1) is 24.2 Å². The van der Waals surface area contributed by atoms with Crippen molar-refractivity contribution in [3.05, 3.63) is 53.7 Å². The Kier molecular flexibility index (Phi) is 8.72. The highest BCUT2D eigenvalue weighted by Gasteiger charge is 2.35. The number of nitrogens with zero attached hydrogens (tertiary/aromatic N) is 7. The minimum atomic E-state index is -0.236. The summed E-state index contributed by atoms with van der Waals surface area (Å²) in [6.45, 7) is 6.77. The first-order valence-electron chi connectivity index (χ1n) is 14.6. The molecule has 1 aromatic carbocycles. The highest BCUT2D eigenvalue weighted by atomic mass is 16.2. The molecule has 1 aliphatic carbocycles. The van der Waals surface area contributed by atoms with E-state index >= 15 is 0 Å². The smallest absolute Gasteiger partial charge is 0.246 e. The van der Waals surface area contributed by atoms with Crippen LogP contribution in [0.15, 0.2) is 36.9 Å². The van der Waals surface area contributed by atoms with Gasteiger partial charge in [-0.25, -0.2) is 4.98 Å². The van der Waals surface area contributed by atoms with Crippen LogP contribution in [-0.2, 0) is 28.9 Å². The van der Waals surface area contributed by atoms with E-state index in [0.717, 1.165) is 55.7 Å². The number of rotatable bonds is 8. The van der Waals surface area contributed by atoms with Crippen LogP contribution < -0.4 is 15.1 Å². The molecule has 0 bridgehead atoms. The first-order valence-corrected chi connectivity index (χ1v) is 14.6. The Hall–Kier alpha value is -4.13. The minimum absolute atomic E-state index is 0.0434. The average molecular weight is 557 g/mol. The van der Waals surface area contributed by atoms with Crippen LogP contribution in [0, 0.1) is 11.3 Å². The van der Waals surface area contributed by atoms with Gasteiger partial charge in [0.1, 0.15) is 5.82 Å².